The number of benzene rings is 1. The number of H-pyrrole nitrogens is 1. The number of carbonyl (C=O) groups excluding carboxylic acids is 5. The smallest absolute Gasteiger partial charge is 0.303 e. The summed E-state index contributed by atoms with van der Waals surface area (Å²) >= 11 is 0. The second-order valence-electron chi connectivity index (χ2n) is 12.6. The summed E-state index contributed by atoms with van der Waals surface area (Å²) in [6, 6.07) is 7.44. The number of esters is 2. The Kier molecular flexibility index (Phi) is 8.83. The lowest BCUT2D eigenvalue weighted by atomic mass is 9.55. The molecule has 0 saturated carbocycles. The molecule has 9 nitrogen and oxygen atoms in total. The molecule has 3 aliphatic rings. The van der Waals surface area contributed by atoms with Crippen molar-refractivity contribution >= 4 is 40.3 Å². The Labute approximate surface area is 262 Å². The Hall–Kier alpha value is -4.53. The van der Waals surface area contributed by atoms with E-state index in [1.54, 1.807) is 6.92 Å². The maximum absolute atomic E-state index is 14.6. The van der Waals surface area contributed by atoms with Crippen LogP contribution in [0.4, 0.5) is 0 Å². The highest BCUT2D eigenvalue weighted by atomic mass is 16.5. The van der Waals surface area contributed by atoms with Gasteiger partial charge in [-0.1, -0.05) is 48.9 Å². The summed E-state index contributed by atoms with van der Waals surface area (Å²) in [6.45, 7) is 9.97. The molecule has 2 aromatic rings. The largest absolute Gasteiger partial charge is 0.457 e. The van der Waals surface area contributed by atoms with E-state index in [9.17, 15) is 24.0 Å². The number of ketones is 2. The van der Waals surface area contributed by atoms with Crippen LogP contribution in [0.15, 0.2) is 77.6 Å². The van der Waals surface area contributed by atoms with Crippen LogP contribution in [0.3, 0.4) is 0 Å². The van der Waals surface area contributed by atoms with Crippen molar-refractivity contribution < 1.29 is 33.4 Å². The number of amides is 1. The molecule has 5 rings (SSSR count). The lowest BCUT2D eigenvalue weighted by Crippen LogP contribution is -2.56. The van der Waals surface area contributed by atoms with Crippen molar-refractivity contribution in [2.24, 2.45) is 23.2 Å². The standard InChI is InChI=1S/C36H40N2O7/c1-19-10-9-12-27-34(45-24(6)40)22(4)21(3)32-29(17-25-18-37-28-13-8-7-11-26(25)28)38-35(43)36(27,32)31(42)15-14-30(41)33(20(2)16-19)44-23(5)39/h7-9,11-16,18-19,27,29,32-34,37H,10,17H2,1-6H3,(H,38,43)/b12-9+,15-14+,20-16-/t19-,27-,29-,32-,33+,34+,36?/m0/s1. The molecular weight excluding hydrogens is 572 g/mol. The molecule has 1 saturated heterocycles. The Balaban J connectivity index is 1.69. The molecular formula is C36H40N2O7. The zero-order chi connectivity index (χ0) is 32.6. The molecule has 1 unspecified atom stereocenters. The second kappa shape index (κ2) is 12.5. The van der Waals surface area contributed by atoms with Crippen LogP contribution in [0.1, 0.15) is 53.5 Å². The number of ether oxygens (including phenoxy) is 2. The fraction of sp³-hybridized carbons (Fsp3) is 0.417. The molecule has 9 heteroatoms. The Morgan fingerprint density at radius 2 is 1.69 bits per heavy atom. The minimum absolute atomic E-state index is 0.0690. The van der Waals surface area contributed by atoms with Gasteiger partial charge in [-0.2, -0.15) is 0 Å². The summed E-state index contributed by atoms with van der Waals surface area (Å²) in [5, 5.41) is 4.17. The molecule has 2 aliphatic carbocycles. The maximum atomic E-state index is 14.6. The molecule has 1 aliphatic heterocycles. The SMILES string of the molecule is CC(=O)O[C@@H]1C(C)=C(C)[C@H]2[C@H](Cc3c[nH]c4ccccc34)NC(=O)C23C(=O)/C=C/C(=O)[C@H](OC(C)=O)/C(C)=C\[C@@H](C)C/C=C/[C@@H]13. The van der Waals surface area contributed by atoms with Gasteiger partial charge in [0.25, 0.3) is 0 Å². The maximum Gasteiger partial charge on any atom is 0.303 e. The highest BCUT2D eigenvalue weighted by Crippen LogP contribution is 2.55. The predicted octanol–water partition coefficient (Wildman–Crippen LogP) is 4.88. The van der Waals surface area contributed by atoms with Gasteiger partial charge in [0.1, 0.15) is 11.5 Å². The van der Waals surface area contributed by atoms with E-state index < -0.39 is 64.9 Å². The molecule has 1 fully saturated rings. The average Bonchev–Trinajstić information content (AvgIpc) is 3.52. The molecule has 2 heterocycles. The van der Waals surface area contributed by atoms with Gasteiger partial charge in [-0.25, -0.2) is 0 Å². The van der Waals surface area contributed by atoms with E-state index in [0.29, 0.717) is 18.4 Å². The van der Waals surface area contributed by atoms with Crippen LogP contribution in [0.25, 0.3) is 10.9 Å². The van der Waals surface area contributed by atoms with Gasteiger partial charge in [0.15, 0.2) is 11.9 Å². The van der Waals surface area contributed by atoms with Crippen LogP contribution >= 0.6 is 0 Å². The lowest BCUT2D eigenvalue weighted by Gasteiger charge is -2.46. The number of para-hydroxylation sites is 1. The topological polar surface area (TPSA) is 132 Å². The van der Waals surface area contributed by atoms with Gasteiger partial charge in [-0.15, -0.1) is 0 Å². The summed E-state index contributed by atoms with van der Waals surface area (Å²) in [7, 11) is 0. The predicted molar refractivity (Wildman–Crippen MR) is 169 cm³/mol. The second-order valence-corrected chi connectivity index (χ2v) is 12.6. The van der Waals surface area contributed by atoms with Crippen LogP contribution in [0, 0.1) is 23.2 Å². The number of hydrogen-bond acceptors (Lipinski definition) is 7. The zero-order valence-corrected chi connectivity index (χ0v) is 26.5. The highest BCUT2D eigenvalue weighted by molar-refractivity contribution is 6.16. The molecule has 1 spiro atoms. The first-order valence-corrected chi connectivity index (χ1v) is 15.3. The van der Waals surface area contributed by atoms with E-state index in [2.05, 4.69) is 10.3 Å². The van der Waals surface area contributed by atoms with Gasteiger partial charge < -0.3 is 19.8 Å². The number of carbonyl (C=O) groups is 5. The van der Waals surface area contributed by atoms with Gasteiger partial charge in [0.2, 0.25) is 11.7 Å². The van der Waals surface area contributed by atoms with Gasteiger partial charge in [-0.3, -0.25) is 24.0 Å². The van der Waals surface area contributed by atoms with Crippen LogP contribution in [-0.2, 0) is 39.9 Å². The van der Waals surface area contributed by atoms with E-state index in [1.807, 2.05) is 69.5 Å². The summed E-state index contributed by atoms with van der Waals surface area (Å²) < 4.78 is 11.2. The molecule has 1 aromatic heterocycles. The third-order valence-electron chi connectivity index (χ3n) is 9.52. The van der Waals surface area contributed by atoms with E-state index in [0.717, 1.165) is 39.8 Å². The van der Waals surface area contributed by atoms with Crippen molar-refractivity contribution in [3.8, 4) is 0 Å². The molecule has 236 valence electrons. The fourth-order valence-corrected chi connectivity index (χ4v) is 7.51. The first kappa shape index (κ1) is 31.9. The number of fused-ring (bicyclic) bond motifs is 1. The number of allylic oxidation sites excluding steroid dienone is 3. The van der Waals surface area contributed by atoms with Crippen LogP contribution in [0.2, 0.25) is 0 Å². The third-order valence-corrected chi connectivity index (χ3v) is 9.52. The van der Waals surface area contributed by atoms with Gasteiger partial charge in [0, 0.05) is 48.8 Å². The Morgan fingerprint density at radius 3 is 2.40 bits per heavy atom. The summed E-state index contributed by atoms with van der Waals surface area (Å²) in [5.74, 6) is -4.29. The van der Waals surface area contributed by atoms with Gasteiger partial charge >= 0.3 is 11.9 Å². The summed E-state index contributed by atoms with van der Waals surface area (Å²) in [5.41, 5.74) is 2.38. The van der Waals surface area contributed by atoms with Crippen molar-refractivity contribution in [2.45, 2.75) is 72.6 Å². The van der Waals surface area contributed by atoms with Crippen LogP contribution < -0.4 is 5.32 Å². The Bertz CT molecular complexity index is 1690. The summed E-state index contributed by atoms with van der Waals surface area (Å²) in [4.78, 5) is 70.0. The average molecular weight is 613 g/mol. The number of aromatic nitrogens is 1. The first-order chi connectivity index (χ1) is 21.4. The number of hydrogen-bond donors (Lipinski definition) is 2. The van der Waals surface area contributed by atoms with Gasteiger partial charge in [0.05, 0.1) is 0 Å². The highest BCUT2D eigenvalue weighted by Gasteiger charge is 2.67. The van der Waals surface area contributed by atoms with Crippen molar-refractivity contribution in [1.29, 1.82) is 0 Å². The third kappa shape index (κ3) is 5.72. The monoisotopic (exact) mass is 612 g/mol. The molecule has 0 bridgehead atoms. The molecule has 0 radical (unpaired) electrons. The van der Waals surface area contributed by atoms with Crippen molar-refractivity contribution in [3.05, 3.63) is 83.1 Å². The van der Waals surface area contributed by atoms with E-state index in [4.69, 9.17) is 9.47 Å². The number of nitrogens with one attached hydrogen (secondary N) is 2. The normalized spacial score (nSPS) is 33.0. The minimum Gasteiger partial charge on any atom is -0.457 e. The molecule has 1 amide bonds. The van der Waals surface area contributed by atoms with E-state index >= 15 is 0 Å². The van der Waals surface area contributed by atoms with Gasteiger partial charge in [-0.05, 0) is 74.5 Å². The van der Waals surface area contributed by atoms with Crippen molar-refractivity contribution in [3.63, 3.8) is 0 Å². The molecule has 1 aromatic carbocycles. The van der Waals surface area contributed by atoms with E-state index in [-0.39, 0.29) is 5.92 Å². The summed E-state index contributed by atoms with van der Waals surface area (Å²) in [6.07, 6.45) is 8.65. The Morgan fingerprint density at radius 1 is 0.978 bits per heavy atom. The molecule has 7 atom stereocenters. The number of rotatable bonds is 4. The first-order valence-electron chi connectivity index (χ1n) is 15.3. The van der Waals surface area contributed by atoms with Crippen LogP contribution in [-0.4, -0.2) is 52.6 Å². The van der Waals surface area contributed by atoms with Crippen LogP contribution in [0.5, 0.6) is 0 Å². The lowest BCUT2D eigenvalue weighted by molar-refractivity contribution is -0.156. The van der Waals surface area contributed by atoms with E-state index in [1.165, 1.54) is 13.8 Å². The minimum atomic E-state index is -1.70. The quantitative estimate of drug-likeness (QED) is 0.286. The fourth-order valence-electron chi connectivity index (χ4n) is 7.51. The van der Waals surface area contributed by atoms with Crippen molar-refractivity contribution in [1.82, 2.24) is 10.3 Å². The zero-order valence-electron chi connectivity index (χ0n) is 26.5. The molecule has 45 heavy (non-hydrogen) atoms. The number of aromatic amines is 1. The van der Waals surface area contributed by atoms with Crippen molar-refractivity contribution in [2.75, 3.05) is 0 Å². The molecule has 2 N–H and O–H groups in total.